The molecule has 0 fully saturated rings. The van der Waals surface area contributed by atoms with Crippen molar-refractivity contribution in [3.63, 3.8) is 0 Å². The third-order valence-corrected chi connectivity index (χ3v) is 4.61. The largest absolute Gasteiger partial charge is 0.508 e. The first kappa shape index (κ1) is 17.9. The molecule has 4 rings (SSSR count). The lowest BCUT2D eigenvalue weighted by molar-refractivity contribution is 0.0378. The van der Waals surface area contributed by atoms with Crippen molar-refractivity contribution in [3.05, 3.63) is 78.4 Å². The van der Waals surface area contributed by atoms with Gasteiger partial charge in [-0.2, -0.15) is 0 Å². The lowest BCUT2D eigenvalue weighted by Gasteiger charge is -2.09. The molecule has 0 saturated heterocycles. The Kier molecular flexibility index (Phi) is 4.62. The van der Waals surface area contributed by atoms with Gasteiger partial charge in [0.2, 0.25) is 0 Å². The SMILES string of the molecule is CC(C)OC(=O)c1ccc(-c2[nH]c3ccccc3c2-c2ccc(O)cc2)cc1. The van der Waals surface area contributed by atoms with E-state index >= 15 is 0 Å². The summed E-state index contributed by atoms with van der Waals surface area (Å²) < 4.78 is 5.26. The van der Waals surface area contributed by atoms with Crippen LogP contribution in [0.3, 0.4) is 0 Å². The number of esters is 1. The van der Waals surface area contributed by atoms with Crippen LogP contribution in [-0.4, -0.2) is 22.2 Å². The van der Waals surface area contributed by atoms with Crippen LogP contribution in [0.25, 0.3) is 33.3 Å². The van der Waals surface area contributed by atoms with Crippen molar-refractivity contribution >= 4 is 16.9 Å². The molecule has 0 saturated carbocycles. The number of aromatic amines is 1. The average molecular weight is 371 g/mol. The Morgan fingerprint density at radius 2 is 1.54 bits per heavy atom. The Morgan fingerprint density at radius 3 is 2.21 bits per heavy atom. The number of para-hydroxylation sites is 1. The summed E-state index contributed by atoms with van der Waals surface area (Å²) in [6.45, 7) is 3.67. The van der Waals surface area contributed by atoms with Crippen LogP contribution >= 0.6 is 0 Å². The number of phenols is 1. The van der Waals surface area contributed by atoms with Gasteiger partial charge in [-0.25, -0.2) is 4.79 Å². The summed E-state index contributed by atoms with van der Waals surface area (Å²) in [6, 6.07) is 22.7. The zero-order chi connectivity index (χ0) is 19.7. The van der Waals surface area contributed by atoms with Gasteiger partial charge in [0.25, 0.3) is 0 Å². The monoisotopic (exact) mass is 371 g/mol. The molecule has 0 spiro atoms. The van der Waals surface area contributed by atoms with Gasteiger partial charge in [-0.1, -0.05) is 42.5 Å². The Hall–Kier alpha value is -3.53. The number of rotatable bonds is 4. The van der Waals surface area contributed by atoms with E-state index in [0.29, 0.717) is 5.56 Å². The summed E-state index contributed by atoms with van der Waals surface area (Å²) in [6.07, 6.45) is -0.151. The maximum Gasteiger partial charge on any atom is 0.338 e. The molecule has 2 N–H and O–H groups in total. The number of ether oxygens (including phenoxy) is 1. The summed E-state index contributed by atoms with van der Waals surface area (Å²) in [5.74, 6) is -0.0879. The van der Waals surface area contributed by atoms with Crippen LogP contribution in [0.15, 0.2) is 72.8 Å². The van der Waals surface area contributed by atoms with Crippen LogP contribution in [0.2, 0.25) is 0 Å². The van der Waals surface area contributed by atoms with Crippen molar-refractivity contribution < 1.29 is 14.6 Å². The van der Waals surface area contributed by atoms with E-state index in [9.17, 15) is 9.90 Å². The summed E-state index contributed by atoms with van der Waals surface area (Å²) in [5, 5.41) is 10.8. The number of nitrogens with one attached hydrogen (secondary N) is 1. The van der Waals surface area contributed by atoms with Crippen LogP contribution in [-0.2, 0) is 4.74 Å². The molecule has 4 heteroatoms. The highest BCUT2D eigenvalue weighted by Crippen LogP contribution is 2.38. The van der Waals surface area contributed by atoms with E-state index in [-0.39, 0.29) is 17.8 Å². The van der Waals surface area contributed by atoms with Crippen LogP contribution in [0.1, 0.15) is 24.2 Å². The van der Waals surface area contributed by atoms with Gasteiger partial charge in [0.05, 0.1) is 17.4 Å². The highest BCUT2D eigenvalue weighted by atomic mass is 16.5. The van der Waals surface area contributed by atoms with E-state index in [0.717, 1.165) is 33.3 Å². The van der Waals surface area contributed by atoms with Crippen molar-refractivity contribution in [2.24, 2.45) is 0 Å². The molecule has 0 amide bonds. The number of phenolic OH excluding ortho intramolecular Hbond substituents is 1. The smallest absolute Gasteiger partial charge is 0.338 e. The number of carbonyl (C=O) groups is 1. The number of carbonyl (C=O) groups excluding carboxylic acids is 1. The number of hydrogen-bond donors (Lipinski definition) is 2. The molecule has 0 aliphatic rings. The fraction of sp³-hybridized carbons (Fsp3) is 0.125. The molecule has 1 heterocycles. The van der Waals surface area contributed by atoms with Crippen LogP contribution < -0.4 is 0 Å². The predicted octanol–water partition coefficient (Wildman–Crippen LogP) is 5.77. The second-order valence-corrected chi connectivity index (χ2v) is 7.00. The Labute approximate surface area is 163 Å². The van der Waals surface area contributed by atoms with Crippen molar-refractivity contribution in [3.8, 4) is 28.1 Å². The van der Waals surface area contributed by atoms with E-state index in [4.69, 9.17) is 4.74 Å². The van der Waals surface area contributed by atoms with Gasteiger partial charge in [-0.05, 0) is 55.3 Å². The summed E-state index contributed by atoms with van der Waals surface area (Å²) >= 11 is 0. The van der Waals surface area contributed by atoms with Crippen molar-refractivity contribution in [1.82, 2.24) is 4.98 Å². The molecule has 140 valence electrons. The average Bonchev–Trinajstić information content (AvgIpc) is 3.08. The quantitative estimate of drug-likeness (QED) is 0.448. The topological polar surface area (TPSA) is 62.3 Å². The molecular weight excluding hydrogens is 350 g/mol. The first-order valence-corrected chi connectivity index (χ1v) is 9.24. The lowest BCUT2D eigenvalue weighted by atomic mass is 9.98. The number of benzene rings is 3. The van der Waals surface area contributed by atoms with E-state index in [2.05, 4.69) is 11.1 Å². The standard InChI is InChI=1S/C24H21NO3/c1-15(2)28-24(27)18-9-7-17(8-10-18)23-22(16-11-13-19(26)14-12-16)20-5-3-4-6-21(20)25-23/h3-15,25-26H,1-2H3. The van der Waals surface area contributed by atoms with Gasteiger partial charge < -0.3 is 14.8 Å². The zero-order valence-corrected chi connectivity index (χ0v) is 15.8. The molecule has 0 radical (unpaired) electrons. The van der Waals surface area contributed by atoms with Crippen molar-refractivity contribution in [2.75, 3.05) is 0 Å². The molecule has 1 aromatic heterocycles. The first-order valence-electron chi connectivity index (χ1n) is 9.24. The first-order chi connectivity index (χ1) is 13.5. The summed E-state index contributed by atoms with van der Waals surface area (Å²) in [7, 11) is 0. The zero-order valence-electron chi connectivity index (χ0n) is 15.8. The second-order valence-electron chi connectivity index (χ2n) is 7.00. The minimum absolute atomic E-state index is 0.151. The van der Waals surface area contributed by atoms with Gasteiger partial charge >= 0.3 is 5.97 Å². The number of aromatic nitrogens is 1. The molecule has 0 unspecified atom stereocenters. The lowest BCUT2D eigenvalue weighted by Crippen LogP contribution is -2.11. The molecule has 0 bridgehead atoms. The van der Waals surface area contributed by atoms with Crippen molar-refractivity contribution in [2.45, 2.75) is 20.0 Å². The van der Waals surface area contributed by atoms with Gasteiger partial charge in [-0.15, -0.1) is 0 Å². The van der Waals surface area contributed by atoms with Crippen LogP contribution in [0.4, 0.5) is 0 Å². The minimum atomic E-state index is -0.322. The van der Waals surface area contributed by atoms with E-state index in [1.54, 1.807) is 24.3 Å². The maximum absolute atomic E-state index is 12.1. The Morgan fingerprint density at radius 1 is 0.893 bits per heavy atom. The molecule has 3 aromatic carbocycles. The summed E-state index contributed by atoms with van der Waals surface area (Å²) in [5.41, 5.74) is 5.57. The van der Waals surface area contributed by atoms with Crippen LogP contribution in [0.5, 0.6) is 5.75 Å². The number of H-pyrrole nitrogens is 1. The number of fused-ring (bicyclic) bond motifs is 1. The van der Waals surface area contributed by atoms with Crippen LogP contribution in [0, 0.1) is 0 Å². The van der Waals surface area contributed by atoms with Crippen molar-refractivity contribution in [1.29, 1.82) is 0 Å². The molecule has 4 nitrogen and oxygen atoms in total. The third-order valence-electron chi connectivity index (χ3n) is 4.61. The number of hydrogen-bond acceptors (Lipinski definition) is 3. The molecule has 4 aromatic rings. The van der Waals surface area contributed by atoms with Gasteiger partial charge in [0, 0.05) is 16.5 Å². The summed E-state index contributed by atoms with van der Waals surface area (Å²) in [4.78, 5) is 15.6. The normalized spacial score (nSPS) is 11.1. The van der Waals surface area contributed by atoms with E-state index < -0.39 is 0 Å². The maximum atomic E-state index is 12.1. The fourth-order valence-electron chi connectivity index (χ4n) is 3.34. The van der Waals surface area contributed by atoms with Gasteiger partial charge in [-0.3, -0.25) is 0 Å². The minimum Gasteiger partial charge on any atom is -0.508 e. The Bertz CT molecular complexity index is 1120. The molecule has 0 aliphatic heterocycles. The van der Waals surface area contributed by atoms with E-state index in [1.165, 1.54) is 0 Å². The fourth-order valence-corrected chi connectivity index (χ4v) is 3.34. The third kappa shape index (κ3) is 3.37. The number of aromatic hydroxyl groups is 1. The van der Waals surface area contributed by atoms with E-state index in [1.807, 2.05) is 56.3 Å². The van der Waals surface area contributed by atoms with Gasteiger partial charge in [0.15, 0.2) is 0 Å². The molecule has 0 aliphatic carbocycles. The molecular formula is C24H21NO3. The van der Waals surface area contributed by atoms with Gasteiger partial charge in [0.1, 0.15) is 5.75 Å². The predicted molar refractivity (Wildman–Crippen MR) is 111 cm³/mol. The highest BCUT2D eigenvalue weighted by Gasteiger charge is 2.16. The second kappa shape index (κ2) is 7.24. The molecule has 28 heavy (non-hydrogen) atoms. The Balaban J connectivity index is 1.81. The highest BCUT2D eigenvalue weighted by molar-refractivity contribution is 6.04. The molecule has 0 atom stereocenters.